The number of likely N-dealkylation sites (tertiary alicyclic amines) is 1. The second-order valence-corrected chi connectivity index (χ2v) is 4.67. The molecular weight excluding hydrogens is 254 g/mol. The fourth-order valence-corrected chi connectivity index (χ4v) is 2.08. The molecule has 1 amide bonds. The van der Waals surface area contributed by atoms with E-state index < -0.39 is 12.0 Å². The summed E-state index contributed by atoms with van der Waals surface area (Å²) in [7, 11) is 0. The van der Waals surface area contributed by atoms with E-state index in [0.29, 0.717) is 5.75 Å². The molecular formula is C12H17NO4S. The van der Waals surface area contributed by atoms with Crippen molar-refractivity contribution in [1.82, 2.24) is 4.90 Å². The number of hydrogen-bond acceptors (Lipinski definition) is 4. The highest BCUT2D eigenvalue weighted by Crippen LogP contribution is 2.23. The van der Waals surface area contributed by atoms with Gasteiger partial charge in [0.15, 0.2) is 0 Å². The first-order valence-electron chi connectivity index (χ1n) is 5.70. The minimum Gasteiger partial charge on any atom is -0.480 e. The number of carbonyl (C=O) groups is 2. The lowest BCUT2D eigenvalue weighted by molar-refractivity contribution is -0.149. The molecule has 1 aliphatic heterocycles. The normalized spacial score (nSPS) is 24.6. The molecule has 2 unspecified atom stereocenters. The number of carbonyl (C=O) groups excluding carboxylic acids is 1. The fraction of sp³-hybridized carbons (Fsp3) is 0.667. The second kappa shape index (κ2) is 6.66. The number of carboxylic acids is 1. The zero-order chi connectivity index (χ0) is 13.7. The van der Waals surface area contributed by atoms with Crippen LogP contribution in [0.3, 0.4) is 0 Å². The second-order valence-electron chi connectivity index (χ2n) is 4.30. The summed E-state index contributed by atoms with van der Waals surface area (Å²) in [5.41, 5.74) is 0. The average Bonchev–Trinajstić information content (AvgIpc) is 2.78. The molecule has 0 bridgehead atoms. The van der Waals surface area contributed by atoms with Crippen molar-refractivity contribution < 1.29 is 19.4 Å². The standard InChI is InChI=1S/C12H17NO4S/c1-3-4-17-9-5-10(12(15)16)13(6-9)11(14)8(2)7-18/h1,8-10,18H,4-7H2,2H3,(H,15,16)/t8?,9?,10-/m0/s1. The molecule has 1 aliphatic rings. The molecule has 5 nitrogen and oxygen atoms in total. The molecule has 1 rings (SSSR count). The van der Waals surface area contributed by atoms with Gasteiger partial charge in [-0.15, -0.1) is 6.42 Å². The molecule has 0 radical (unpaired) electrons. The van der Waals surface area contributed by atoms with Crippen molar-refractivity contribution >= 4 is 24.5 Å². The monoisotopic (exact) mass is 271 g/mol. The smallest absolute Gasteiger partial charge is 0.326 e. The number of carboxylic acid groups (broad SMARTS) is 1. The summed E-state index contributed by atoms with van der Waals surface area (Å²) < 4.78 is 5.31. The molecule has 0 aliphatic carbocycles. The lowest BCUT2D eigenvalue weighted by Crippen LogP contribution is -2.43. The first-order valence-corrected chi connectivity index (χ1v) is 6.33. The number of aliphatic carboxylic acids is 1. The Morgan fingerprint density at radius 3 is 2.83 bits per heavy atom. The van der Waals surface area contributed by atoms with Gasteiger partial charge in [-0.05, 0) is 0 Å². The van der Waals surface area contributed by atoms with Crippen LogP contribution in [0.15, 0.2) is 0 Å². The van der Waals surface area contributed by atoms with E-state index in [1.807, 2.05) is 0 Å². The average molecular weight is 271 g/mol. The van der Waals surface area contributed by atoms with Gasteiger partial charge < -0.3 is 14.7 Å². The summed E-state index contributed by atoms with van der Waals surface area (Å²) in [6.07, 6.45) is 5.06. The summed E-state index contributed by atoms with van der Waals surface area (Å²) in [5.74, 6) is 1.20. The summed E-state index contributed by atoms with van der Waals surface area (Å²) >= 11 is 4.06. The summed E-state index contributed by atoms with van der Waals surface area (Å²) in [4.78, 5) is 24.5. The summed E-state index contributed by atoms with van der Waals surface area (Å²) in [5, 5.41) is 9.12. The van der Waals surface area contributed by atoms with Crippen molar-refractivity contribution in [1.29, 1.82) is 0 Å². The first kappa shape index (κ1) is 14.9. The van der Waals surface area contributed by atoms with Gasteiger partial charge in [0, 0.05) is 24.6 Å². The molecule has 1 saturated heterocycles. The van der Waals surface area contributed by atoms with E-state index in [-0.39, 0.29) is 37.5 Å². The third-order valence-electron chi connectivity index (χ3n) is 2.93. The van der Waals surface area contributed by atoms with Crippen molar-refractivity contribution in [3.05, 3.63) is 0 Å². The SMILES string of the molecule is C#CCOC1C[C@@H](C(=O)O)N(C(=O)C(C)CS)C1. The van der Waals surface area contributed by atoms with Crippen LogP contribution in [-0.4, -0.2) is 52.9 Å². The third-order valence-corrected chi connectivity index (χ3v) is 3.48. The van der Waals surface area contributed by atoms with Crippen molar-refractivity contribution in [3.8, 4) is 12.3 Å². The maximum absolute atomic E-state index is 12.0. The molecule has 3 atom stereocenters. The van der Waals surface area contributed by atoms with E-state index in [2.05, 4.69) is 18.5 Å². The Balaban J connectivity index is 2.72. The van der Waals surface area contributed by atoms with Crippen molar-refractivity contribution in [2.45, 2.75) is 25.5 Å². The summed E-state index contributed by atoms with van der Waals surface area (Å²) in [6, 6.07) is -0.831. The van der Waals surface area contributed by atoms with E-state index in [0.717, 1.165) is 0 Å². The van der Waals surface area contributed by atoms with E-state index in [4.69, 9.17) is 16.3 Å². The molecule has 0 aromatic heterocycles. The molecule has 1 heterocycles. The highest BCUT2D eigenvalue weighted by atomic mass is 32.1. The van der Waals surface area contributed by atoms with Gasteiger partial charge in [0.25, 0.3) is 0 Å². The zero-order valence-corrected chi connectivity index (χ0v) is 11.1. The van der Waals surface area contributed by atoms with Gasteiger partial charge in [-0.25, -0.2) is 4.79 Å². The molecule has 100 valence electrons. The van der Waals surface area contributed by atoms with Crippen LogP contribution in [0.25, 0.3) is 0 Å². The minimum absolute atomic E-state index is 0.126. The Kier molecular flexibility index (Phi) is 5.51. The number of rotatable bonds is 5. The molecule has 1 N–H and O–H groups in total. The maximum atomic E-state index is 12.0. The molecule has 1 fully saturated rings. The van der Waals surface area contributed by atoms with Gasteiger partial charge in [0.2, 0.25) is 5.91 Å². The predicted molar refractivity (Wildman–Crippen MR) is 69.3 cm³/mol. The molecule has 0 saturated carbocycles. The van der Waals surface area contributed by atoms with E-state index in [9.17, 15) is 9.59 Å². The van der Waals surface area contributed by atoms with Gasteiger partial charge in [-0.1, -0.05) is 12.8 Å². The first-order chi connectivity index (χ1) is 8.51. The van der Waals surface area contributed by atoms with Crippen LogP contribution in [0.2, 0.25) is 0 Å². The van der Waals surface area contributed by atoms with Gasteiger partial charge >= 0.3 is 5.97 Å². The van der Waals surface area contributed by atoms with Gasteiger partial charge in [-0.2, -0.15) is 12.6 Å². The number of amides is 1. The largest absolute Gasteiger partial charge is 0.480 e. The van der Waals surface area contributed by atoms with Gasteiger partial charge in [0.1, 0.15) is 12.6 Å². The molecule has 6 heteroatoms. The quantitative estimate of drug-likeness (QED) is 0.556. The number of hydrogen-bond donors (Lipinski definition) is 2. The van der Waals surface area contributed by atoms with Gasteiger partial charge in [-0.3, -0.25) is 4.79 Å². The zero-order valence-electron chi connectivity index (χ0n) is 10.2. The van der Waals surface area contributed by atoms with Crippen LogP contribution in [0.4, 0.5) is 0 Å². The molecule has 18 heavy (non-hydrogen) atoms. The summed E-state index contributed by atoms with van der Waals surface area (Å²) in [6.45, 7) is 2.13. The van der Waals surface area contributed by atoms with Crippen LogP contribution >= 0.6 is 12.6 Å². The van der Waals surface area contributed by atoms with Crippen LogP contribution in [0, 0.1) is 18.3 Å². The lowest BCUT2D eigenvalue weighted by Gasteiger charge is -2.24. The van der Waals surface area contributed by atoms with Crippen molar-refractivity contribution in [3.63, 3.8) is 0 Å². The Morgan fingerprint density at radius 2 is 2.33 bits per heavy atom. The van der Waals surface area contributed by atoms with Crippen LogP contribution in [0.1, 0.15) is 13.3 Å². The molecule has 0 aromatic carbocycles. The third kappa shape index (κ3) is 3.40. The van der Waals surface area contributed by atoms with Crippen molar-refractivity contribution in [2.24, 2.45) is 5.92 Å². The Hall–Kier alpha value is -1.19. The number of thiol groups is 1. The Bertz CT molecular complexity index is 366. The minimum atomic E-state index is -1.01. The van der Waals surface area contributed by atoms with Gasteiger partial charge in [0.05, 0.1) is 6.10 Å². The van der Waals surface area contributed by atoms with Crippen LogP contribution in [0.5, 0.6) is 0 Å². The Morgan fingerprint density at radius 1 is 1.67 bits per heavy atom. The fourth-order valence-electron chi connectivity index (χ4n) is 1.92. The molecule has 0 spiro atoms. The number of ether oxygens (including phenoxy) is 1. The maximum Gasteiger partial charge on any atom is 0.326 e. The predicted octanol–water partition coefficient (Wildman–Crippen LogP) is 0.256. The molecule has 0 aromatic rings. The number of terminal acetylenes is 1. The van der Waals surface area contributed by atoms with Crippen LogP contribution < -0.4 is 0 Å². The van der Waals surface area contributed by atoms with E-state index in [1.165, 1.54) is 4.90 Å². The van der Waals surface area contributed by atoms with E-state index >= 15 is 0 Å². The Labute approximate surface area is 112 Å². The topological polar surface area (TPSA) is 66.8 Å². The van der Waals surface area contributed by atoms with Crippen molar-refractivity contribution in [2.75, 3.05) is 18.9 Å². The van der Waals surface area contributed by atoms with Crippen LogP contribution in [-0.2, 0) is 14.3 Å². The van der Waals surface area contributed by atoms with E-state index in [1.54, 1.807) is 6.92 Å². The lowest BCUT2D eigenvalue weighted by atomic mass is 10.1. The highest BCUT2D eigenvalue weighted by Gasteiger charge is 2.41. The number of nitrogens with zero attached hydrogens (tertiary/aromatic N) is 1. The highest BCUT2D eigenvalue weighted by molar-refractivity contribution is 7.80.